The number of hydrogen-bond acceptors (Lipinski definition) is 7. The Morgan fingerprint density at radius 3 is 2.58 bits per heavy atom. The number of nitrogens with one attached hydrogen (secondary N) is 3. The number of alkyl halides is 1. The molecule has 2 heterocycles. The average Bonchev–Trinajstić information content (AvgIpc) is 2.64. The first-order valence-corrected chi connectivity index (χ1v) is 6.83. The van der Waals surface area contributed by atoms with Crippen LogP contribution in [0.4, 0.5) is 4.39 Å². The molecule has 0 radical (unpaired) electrons. The molecule has 0 aromatic carbocycles. The molecule has 2 unspecified atom stereocenters. The average molecular weight is 273 g/mol. The van der Waals surface area contributed by atoms with Crippen molar-refractivity contribution in [3.8, 4) is 0 Å². The Labute approximate surface area is 112 Å². The van der Waals surface area contributed by atoms with Crippen molar-refractivity contribution in [1.29, 1.82) is 5.41 Å². The fraction of sp³-hybridized carbons (Fsp3) is 0.909. The monoisotopic (exact) mass is 273 g/mol. The smallest absolute Gasteiger partial charge is 0.301 e. The van der Waals surface area contributed by atoms with Gasteiger partial charge in [0, 0.05) is 18.8 Å². The maximum Gasteiger partial charge on any atom is 0.301 e. The van der Waals surface area contributed by atoms with Gasteiger partial charge in [0.25, 0.3) is 0 Å². The van der Waals surface area contributed by atoms with Crippen molar-refractivity contribution in [3.05, 3.63) is 0 Å². The lowest BCUT2D eigenvalue weighted by molar-refractivity contribution is -0.178. The van der Waals surface area contributed by atoms with E-state index >= 15 is 0 Å². The minimum absolute atomic E-state index is 0.308. The number of rotatable bonds is 4. The van der Waals surface area contributed by atoms with Crippen molar-refractivity contribution in [2.24, 2.45) is 17.4 Å². The summed E-state index contributed by atoms with van der Waals surface area (Å²) in [6.45, 7) is 3.41. The molecular weight excluding hydrogens is 249 g/mol. The Kier molecular flexibility index (Phi) is 4.49. The van der Waals surface area contributed by atoms with Crippen LogP contribution in [0.2, 0.25) is 0 Å². The third-order valence-electron chi connectivity index (χ3n) is 3.78. The van der Waals surface area contributed by atoms with Crippen LogP contribution in [0.5, 0.6) is 0 Å². The first-order valence-electron chi connectivity index (χ1n) is 6.83. The molecule has 2 atom stereocenters. The molecule has 19 heavy (non-hydrogen) atoms. The number of nitrogens with zero attached hydrogens (tertiary/aromatic N) is 2. The van der Waals surface area contributed by atoms with Gasteiger partial charge in [-0.2, -0.15) is 9.82 Å². The molecule has 2 rings (SSSR count). The van der Waals surface area contributed by atoms with Crippen LogP contribution >= 0.6 is 0 Å². The molecule has 0 amide bonds. The van der Waals surface area contributed by atoms with Gasteiger partial charge in [0.15, 0.2) is 0 Å². The molecule has 0 aromatic heterocycles. The van der Waals surface area contributed by atoms with E-state index in [9.17, 15) is 4.39 Å². The van der Waals surface area contributed by atoms with Gasteiger partial charge in [-0.3, -0.25) is 5.73 Å². The number of piperidine rings is 1. The highest BCUT2D eigenvalue weighted by Gasteiger charge is 2.46. The zero-order valence-electron chi connectivity index (χ0n) is 11.3. The topological polar surface area (TPSA) is 106 Å². The van der Waals surface area contributed by atoms with Crippen molar-refractivity contribution >= 4 is 5.71 Å². The lowest BCUT2D eigenvalue weighted by Crippen LogP contribution is -2.65. The van der Waals surface area contributed by atoms with E-state index in [1.165, 1.54) is 5.01 Å². The largest absolute Gasteiger partial charge is 0.309 e. The predicted octanol–water partition coefficient (Wildman–Crippen LogP) is -0.375. The molecule has 2 saturated heterocycles. The first kappa shape index (κ1) is 14.8. The van der Waals surface area contributed by atoms with Crippen molar-refractivity contribution in [3.63, 3.8) is 0 Å². The van der Waals surface area contributed by atoms with E-state index in [-0.39, 0.29) is 0 Å². The second-order valence-electron chi connectivity index (χ2n) is 5.24. The zero-order chi connectivity index (χ0) is 14.0. The second-order valence-corrected chi connectivity index (χ2v) is 5.24. The second kappa shape index (κ2) is 5.78. The van der Waals surface area contributed by atoms with Crippen LogP contribution in [-0.4, -0.2) is 41.1 Å². The fourth-order valence-corrected chi connectivity index (χ4v) is 2.78. The highest BCUT2D eigenvalue weighted by atomic mass is 19.2. The van der Waals surface area contributed by atoms with E-state index in [0.717, 1.165) is 31.4 Å². The van der Waals surface area contributed by atoms with E-state index < -0.39 is 12.3 Å². The van der Waals surface area contributed by atoms with Crippen molar-refractivity contribution in [2.45, 2.75) is 44.9 Å². The van der Waals surface area contributed by atoms with Gasteiger partial charge in [-0.15, -0.1) is 5.01 Å². The van der Waals surface area contributed by atoms with Gasteiger partial charge in [-0.05, 0) is 25.2 Å². The van der Waals surface area contributed by atoms with E-state index in [2.05, 4.69) is 17.8 Å². The highest BCUT2D eigenvalue weighted by Crippen LogP contribution is 2.25. The molecule has 0 aliphatic carbocycles. The SMILES string of the molecule is CCCC(=N)C1CCN(N2C(N)NNC2(N)F)CC1. The van der Waals surface area contributed by atoms with E-state index in [1.54, 1.807) is 0 Å². The summed E-state index contributed by atoms with van der Waals surface area (Å²) in [5.74, 6) is 0.308. The van der Waals surface area contributed by atoms with Gasteiger partial charge < -0.3 is 11.1 Å². The van der Waals surface area contributed by atoms with Crippen LogP contribution in [0.3, 0.4) is 0 Å². The lowest BCUT2D eigenvalue weighted by atomic mass is 9.90. The van der Waals surface area contributed by atoms with Gasteiger partial charge in [0.2, 0.25) is 0 Å². The fourth-order valence-electron chi connectivity index (χ4n) is 2.78. The van der Waals surface area contributed by atoms with E-state index in [4.69, 9.17) is 16.9 Å². The summed E-state index contributed by atoms with van der Waals surface area (Å²) in [7, 11) is 0. The molecule has 110 valence electrons. The molecular formula is C11H24FN7. The lowest BCUT2D eigenvalue weighted by Gasteiger charge is -2.41. The Morgan fingerprint density at radius 1 is 1.47 bits per heavy atom. The Hall–Kier alpha value is -0.640. The molecule has 2 fully saturated rings. The molecule has 0 saturated carbocycles. The molecule has 2 aliphatic heterocycles. The van der Waals surface area contributed by atoms with Crippen molar-refractivity contribution in [1.82, 2.24) is 20.9 Å². The van der Waals surface area contributed by atoms with Gasteiger partial charge in [-0.1, -0.05) is 13.3 Å². The molecule has 7 N–H and O–H groups in total. The molecule has 0 aromatic rings. The summed E-state index contributed by atoms with van der Waals surface area (Å²) in [4.78, 5) is 0. The maximum absolute atomic E-state index is 14.1. The van der Waals surface area contributed by atoms with E-state index in [1.807, 2.05) is 5.01 Å². The minimum Gasteiger partial charge on any atom is -0.309 e. The summed E-state index contributed by atoms with van der Waals surface area (Å²) < 4.78 is 14.1. The maximum atomic E-state index is 14.1. The third kappa shape index (κ3) is 3.10. The predicted molar refractivity (Wildman–Crippen MR) is 71.0 cm³/mol. The molecule has 7 nitrogen and oxygen atoms in total. The Morgan fingerprint density at radius 2 is 2.11 bits per heavy atom. The van der Waals surface area contributed by atoms with Gasteiger partial charge >= 0.3 is 6.04 Å². The summed E-state index contributed by atoms with van der Waals surface area (Å²) in [5, 5.41) is 11.1. The Bertz CT molecular complexity index is 327. The van der Waals surface area contributed by atoms with Crippen LogP contribution < -0.4 is 22.3 Å². The summed E-state index contributed by atoms with van der Waals surface area (Å²) >= 11 is 0. The third-order valence-corrected chi connectivity index (χ3v) is 3.78. The van der Waals surface area contributed by atoms with Crippen molar-refractivity contribution < 1.29 is 4.39 Å². The molecule has 0 spiro atoms. The number of hydrogen-bond donors (Lipinski definition) is 5. The van der Waals surface area contributed by atoms with E-state index in [0.29, 0.717) is 19.0 Å². The van der Waals surface area contributed by atoms with Crippen molar-refractivity contribution in [2.75, 3.05) is 13.1 Å². The number of hydrazine groups is 2. The number of halogens is 1. The zero-order valence-corrected chi connectivity index (χ0v) is 11.3. The van der Waals surface area contributed by atoms with Crippen LogP contribution in [0.15, 0.2) is 0 Å². The van der Waals surface area contributed by atoms with Crippen LogP contribution in [0.1, 0.15) is 32.6 Å². The van der Waals surface area contributed by atoms with Crippen LogP contribution in [0, 0.1) is 11.3 Å². The normalized spacial score (nSPS) is 34.8. The van der Waals surface area contributed by atoms with Gasteiger partial charge in [-0.25, -0.2) is 10.4 Å². The minimum atomic E-state index is -2.16. The summed E-state index contributed by atoms with van der Waals surface area (Å²) in [6.07, 6.45) is 2.86. The Balaban J connectivity index is 1.91. The number of nitrogens with two attached hydrogens (primary N) is 2. The molecule has 0 bridgehead atoms. The molecule has 2 aliphatic rings. The van der Waals surface area contributed by atoms with Crippen LogP contribution in [-0.2, 0) is 0 Å². The first-order chi connectivity index (χ1) is 8.95. The summed E-state index contributed by atoms with van der Waals surface area (Å²) in [6, 6.07) is -2.16. The molecule has 8 heteroatoms. The standard InChI is InChI=1S/C11H24FN7/c1-2-3-9(13)8-4-6-18(7-5-8)19-10(14)16-17-11(19,12)15/h8,10,13,16-17H,2-7,14-15H2,1H3. The van der Waals surface area contributed by atoms with Gasteiger partial charge in [0.05, 0.1) is 0 Å². The quantitative estimate of drug-likeness (QED) is 0.353. The highest BCUT2D eigenvalue weighted by molar-refractivity contribution is 5.83. The van der Waals surface area contributed by atoms with Crippen LogP contribution in [0.25, 0.3) is 0 Å². The van der Waals surface area contributed by atoms with Gasteiger partial charge in [0.1, 0.15) is 6.29 Å². The summed E-state index contributed by atoms with van der Waals surface area (Å²) in [5.41, 5.74) is 17.0.